The van der Waals surface area contributed by atoms with E-state index in [0.717, 1.165) is 10.2 Å². The normalized spacial score (nSPS) is 12.5. The van der Waals surface area contributed by atoms with E-state index in [1.807, 2.05) is 36.7 Å². The van der Waals surface area contributed by atoms with E-state index in [-0.39, 0.29) is 11.9 Å². The van der Waals surface area contributed by atoms with E-state index in [1.165, 1.54) is 16.9 Å². The van der Waals surface area contributed by atoms with Gasteiger partial charge in [0.05, 0.1) is 16.5 Å². The van der Waals surface area contributed by atoms with E-state index in [1.54, 1.807) is 12.5 Å². The number of benzene rings is 1. The van der Waals surface area contributed by atoms with Gasteiger partial charge in [0.15, 0.2) is 5.13 Å². The van der Waals surface area contributed by atoms with E-state index in [9.17, 15) is 4.79 Å². The zero-order valence-corrected chi connectivity index (χ0v) is 12.7. The van der Waals surface area contributed by atoms with Gasteiger partial charge in [-0.05, 0) is 31.5 Å². The zero-order chi connectivity index (χ0) is 14.8. The summed E-state index contributed by atoms with van der Waals surface area (Å²) in [5, 5.41) is 3.53. The van der Waals surface area contributed by atoms with Crippen molar-refractivity contribution < 1.29 is 4.79 Å². The maximum absolute atomic E-state index is 12.1. The van der Waals surface area contributed by atoms with Crippen LogP contribution in [0.15, 0.2) is 36.9 Å². The number of nitrogens with zero attached hydrogens (tertiary/aromatic N) is 3. The summed E-state index contributed by atoms with van der Waals surface area (Å²) in [7, 11) is 0. The minimum Gasteiger partial charge on any atom is -0.334 e. The third-order valence-corrected chi connectivity index (χ3v) is 4.24. The second-order valence-corrected chi connectivity index (χ2v) is 6.13. The van der Waals surface area contributed by atoms with Gasteiger partial charge in [-0.2, -0.15) is 0 Å². The number of carbonyl (C=O) groups is 1. The van der Waals surface area contributed by atoms with Crippen LogP contribution in [0.4, 0.5) is 5.13 Å². The Kier molecular flexibility index (Phi) is 3.70. The molecule has 0 bridgehead atoms. The highest BCUT2D eigenvalue weighted by Crippen LogP contribution is 2.27. The van der Waals surface area contributed by atoms with Crippen LogP contribution in [0.3, 0.4) is 0 Å². The molecule has 2 heterocycles. The first-order chi connectivity index (χ1) is 10.1. The highest BCUT2D eigenvalue weighted by molar-refractivity contribution is 7.22. The highest BCUT2D eigenvalue weighted by atomic mass is 32.1. The largest absolute Gasteiger partial charge is 0.334 e. The minimum absolute atomic E-state index is 0.0352. The molecule has 0 fully saturated rings. The fourth-order valence-corrected chi connectivity index (χ4v) is 3.14. The van der Waals surface area contributed by atoms with Crippen LogP contribution in [0, 0.1) is 6.92 Å². The number of nitrogens with one attached hydrogen (secondary N) is 1. The lowest BCUT2D eigenvalue weighted by Crippen LogP contribution is -2.16. The number of carbonyl (C=O) groups excluding carboxylic acids is 1. The number of aromatic nitrogens is 3. The average Bonchev–Trinajstić information content (AvgIpc) is 3.06. The summed E-state index contributed by atoms with van der Waals surface area (Å²) in [6, 6.07) is 6.15. The van der Waals surface area contributed by atoms with Gasteiger partial charge < -0.3 is 9.88 Å². The molecule has 1 N–H and O–H groups in total. The molecule has 1 amide bonds. The first kappa shape index (κ1) is 13.8. The summed E-state index contributed by atoms with van der Waals surface area (Å²) < 4.78 is 3.01. The Morgan fingerprint density at radius 1 is 1.48 bits per heavy atom. The smallest absolute Gasteiger partial charge is 0.228 e. The van der Waals surface area contributed by atoms with E-state index in [4.69, 9.17) is 0 Å². The Bertz CT molecular complexity index is 763. The molecule has 6 heteroatoms. The topological polar surface area (TPSA) is 59.8 Å². The highest BCUT2D eigenvalue weighted by Gasteiger charge is 2.12. The van der Waals surface area contributed by atoms with Crippen LogP contribution < -0.4 is 5.32 Å². The number of anilines is 1. The number of rotatable bonds is 4. The molecule has 3 aromatic rings. The maximum Gasteiger partial charge on any atom is 0.228 e. The Labute approximate surface area is 126 Å². The van der Waals surface area contributed by atoms with Crippen LogP contribution in [0.2, 0.25) is 0 Å². The Balaban J connectivity index is 1.68. The summed E-state index contributed by atoms with van der Waals surface area (Å²) in [6.45, 7) is 4.03. The number of hydrogen-bond acceptors (Lipinski definition) is 4. The number of thiazole rings is 1. The van der Waals surface area contributed by atoms with Crippen molar-refractivity contribution in [2.24, 2.45) is 0 Å². The molecule has 21 heavy (non-hydrogen) atoms. The van der Waals surface area contributed by atoms with Gasteiger partial charge in [-0.1, -0.05) is 17.4 Å². The molecule has 0 aliphatic carbocycles. The van der Waals surface area contributed by atoms with Crippen molar-refractivity contribution in [1.29, 1.82) is 0 Å². The number of hydrogen-bond donors (Lipinski definition) is 1. The fourth-order valence-electron chi connectivity index (χ4n) is 2.16. The van der Waals surface area contributed by atoms with Crippen molar-refractivity contribution >= 4 is 32.6 Å². The van der Waals surface area contributed by atoms with Crippen molar-refractivity contribution in [2.45, 2.75) is 26.3 Å². The van der Waals surface area contributed by atoms with Crippen LogP contribution in [0.1, 0.15) is 24.9 Å². The molecule has 1 atom stereocenters. The van der Waals surface area contributed by atoms with E-state index in [2.05, 4.69) is 21.4 Å². The summed E-state index contributed by atoms with van der Waals surface area (Å²) in [6.07, 6.45) is 5.69. The quantitative estimate of drug-likeness (QED) is 0.803. The van der Waals surface area contributed by atoms with E-state index >= 15 is 0 Å². The third-order valence-electron chi connectivity index (χ3n) is 3.30. The molecule has 2 aromatic heterocycles. The van der Waals surface area contributed by atoms with Gasteiger partial charge in [-0.3, -0.25) is 4.79 Å². The standard InChI is InChI=1S/C15H16N4OS/c1-10-3-4-12-13(7-10)21-15(17-12)18-14(20)8-11(2)19-6-5-16-9-19/h3-7,9,11H,8H2,1-2H3,(H,17,18,20)/t11-/m1/s1. The van der Waals surface area contributed by atoms with Gasteiger partial charge in [0.1, 0.15) is 0 Å². The first-order valence-corrected chi connectivity index (χ1v) is 7.58. The van der Waals surface area contributed by atoms with Crippen molar-refractivity contribution in [1.82, 2.24) is 14.5 Å². The number of amides is 1. The molecule has 0 spiro atoms. The first-order valence-electron chi connectivity index (χ1n) is 6.76. The van der Waals surface area contributed by atoms with Crippen LogP contribution in [-0.2, 0) is 4.79 Å². The van der Waals surface area contributed by atoms with Gasteiger partial charge in [-0.15, -0.1) is 0 Å². The molecule has 0 radical (unpaired) electrons. The molecular formula is C15H16N4OS. The molecule has 1 aromatic carbocycles. The minimum atomic E-state index is -0.0352. The lowest BCUT2D eigenvalue weighted by Gasteiger charge is -2.11. The average molecular weight is 300 g/mol. The predicted octanol–water partition coefficient (Wildman–Crippen LogP) is 3.39. The van der Waals surface area contributed by atoms with E-state index < -0.39 is 0 Å². The molecule has 0 aliphatic rings. The Morgan fingerprint density at radius 3 is 3.10 bits per heavy atom. The second-order valence-electron chi connectivity index (χ2n) is 5.10. The van der Waals surface area contributed by atoms with Crippen molar-refractivity contribution in [3.63, 3.8) is 0 Å². The molecule has 0 saturated heterocycles. The summed E-state index contributed by atoms with van der Waals surface area (Å²) in [5.41, 5.74) is 2.11. The van der Waals surface area contributed by atoms with Crippen molar-refractivity contribution in [3.8, 4) is 0 Å². The predicted molar refractivity (Wildman–Crippen MR) is 84.5 cm³/mol. The van der Waals surface area contributed by atoms with Crippen LogP contribution in [0.5, 0.6) is 0 Å². The van der Waals surface area contributed by atoms with E-state index in [0.29, 0.717) is 11.6 Å². The monoisotopic (exact) mass is 300 g/mol. The molecule has 5 nitrogen and oxygen atoms in total. The van der Waals surface area contributed by atoms with Crippen LogP contribution in [0.25, 0.3) is 10.2 Å². The lowest BCUT2D eigenvalue weighted by molar-refractivity contribution is -0.116. The van der Waals surface area contributed by atoms with Crippen molar-refractivity contribution in [2.75, 3.05) is 5.32 Å². The molecule has 0 aliphatic heterocycles. The fraction of sp³-hybridized carbons (Fsp3) is 0.267. The SMILES string of the molecule is Cc1ccc2nc(NC(=O)C[C@@H](C)n3ccnc3)sc2c1. The lowest BCUT2D eigenvalue weighted by atomic mass is 10.2. The second kappa shape index (κ2) is 5.65. The van der Waals surface area contributed by atoms with Crippen LogP contribution in [-0.4, -0.2) is 20.4 Å². The molecule has 3 rings (SSSR count). The third kappa shape index (κ3) is 3.11. The maximum atomic E-state index is 12.1. The van der Waals surface area contributed by atoms with Gasteiger partial charge in [0, 0.05) is 24.9 Å². The molecule has 0 unspecified atom stereocenters. The van der Waals surface area contributed by atoms with Gasteiger partial charge in [0.25, 0.3) is 0 Å². The van der Waals surface area contributed by atoms with Crippen molar-refractivity contribution in [3.05, 3.63) is 42.5 Å². The zero-order valence-electron chi connectivity index (χ0n) is 11.9. The Morgan fingerprint density at radius 2 is 2.33 bits per heavy atom. The van der Waals surface area contributed by atoms with Gasteiger partial charge in [0.2, 0.25) is 5.91 Å². The molecule has 0 saturated carbocycles. The van der Waals surface area contributed by atoms with Gasteiger partial charge in [-0.25, -0.2) is 9.97 Å². The number of aryl methyl sites for hydroxylation is 1. The van der Waals surface area contributed by atoms with Crippen LogP contribution >= 0.6 is 11.3 Å². The summed E-state index contributed by atoms with van der Waals surface area (Å²) in [4.78, 5) is 20.5. The number of fused-ring (bicyclic) bond motifs is 1. The molecular weight excluding hydrogens is 284 g/mol. The number of imidazole rings is 1. The molecule has 108 valence electrons. The Hall–Kier alpha value is -2.21. The summed E-state index contributed by atoms with van der Waals surface area (Å²) >= 11 is 1.50. The van der Waals surface area contributed by atoms with Gasteiger partial charge >= 0.3 is 0 Å². The summed E-state index contributed by atoms with van der Waals surface area (Å²) in [5.74, 6) is -0.0352.